The van der Waals surface area contributed by atoms with Crippen LogP contribution in [0, 0.1) is 0 Å². The molecule has 3 rings (SSSR count). The summed E-state index contributed by atoms with van der Waals surface area (Å²) in [5.74, 6) is 0.879. The van der Waals surface area contributed by atoms with Crippen LogP contribution in [0.4, 0.5) is 11.4 Å². The number of nitrogens with one attached hydrogen (secondary N) is 1. The topological polar surface area (TPSA) is 75.7 Å². The van der Waals surface area contributed by atoms with Crippen molar-refractivity contribution in [1.29, 1.82) is 0 Å². The second-order valence-electron chi connectivity index (χ2n) is 6.86. The Morgan fingerprint density at radius 2 is 1.81 bits per heavy atom. The first-order chi connectivity index (χ1) is 12.8. The highest BCUT2D eigenvalue weighted by molar-refractivity contribution is 7.92. The number of benzene rings is 2. The molecule has 0 bridgehead atoms. The molecule has 6 nitrogen and oxygen atoms in total. The third-order valence-electron chi connectivity index (χ3n) is 4.65. The van der Waals surface area contributed by atoms with Crippen LogP contribution >= 0.6 is 0 Å². The van der Waals surface area contributed by atoms with Crippen LogP contribution in [0.5, 0.6) is 5.75 Å². The average Bonchev–Trinajstić information content (AvgIpc) is 3.07. The molecule has 1 aliphatic heterocycles. The largest absolute Gasteiger partial charge is 0.495 e. The van der Waals surface area contributed by atoms with Gasteiger partial charge in [-0.25, -0.2) is 8.42 Å². The van der Waals surface area contributed by atoms with Crippen LogP contribution in [-0.2, 0) is 14.8 Å². The summed E-state index contributed by atoms with van der Waals surface area (Å²) in [5, 5.41) is 0. The van der Waals surface area contributed by atoms with Crippen LogP contribution in [0.25, 0.3) is 0 Å². The molecule has 1 N–H and O–H groups in total. The molecule has 0 unspecified atom stereocenters. The summed E-state index contributed by atoms with van der Waals surface area (Å²) in [6.45, 7) is 4.71. The van der Waals surface area contributed by atoms with Crippen molar-refractivity contribution in [2.24, 2.45) is 0 Å². The van der Waals surface area contributed by atoms with Crippen LogP contribution in [0.3, 0.4) is 0 Å². The average molecular weight is 388 g/mol. The number of anilines is 2. The van der Waals surface area contributed by atoms with Gasteiger partial charge in [-0.1, -0.05) is 26.0 Å². The Morgan fingerprint density at radius 3 is 2.37 bits per heavy atom. The highest BCUT2D eigenvalue weighted by Gasteiger charge is 2.25. The summed E-state index contributed by atoms with van der Waals surface area (Å²) in [6.07, 6.45) is 1.27. The second-order valence-corrected chi connectivity index (χ2v) is 8.55. The first-order valence-electron chi connectivity index (χ1n) is 8.93. The monoisotopic (exact) mass is 388 g/mol. The minimum absolute atomic E-state index is 0.0116. The lowest BCUT2D eigenvalue weighted by molar-refractivity contribution is -0.117. The maximum atomic E-state index is 12.7. The summed E-state index contributed by atoms with van der Waals surface area (Å²) < 4.78 is 33.4. The van der Waals surface area contributed by atoms with E-state index in [1.165, 1.54) is 7.11 Å². The van der Waals surface area contributed by atoms with Gasteiger partial charge in [0.05, 0.1) is 23.4 Å². The van der Waals surface area contributed by atoms with Crippen molar-refractivity contribution in [2.75, 3.05) is 23.3 Å². The Hall–Kier alpha value is -2.54. The molecule has 0 spiro atoms. The molecular formula is C20H24N2O4S. The zero-order valence-corrected chi connectivity index (χ0v) is 16.5. The van der Waals surface area contributed by atoms with Gasteiger partial charge < -0.3 is 9.64 Å². The van der Waals surface area contributed by atoms with Crippen LogP contribution in [0.15, 0.2) is 47.4 Å². The summed E-state index contributed by atoms with van der Waals surface area (Å²) >= 11 is 0. The van der Waals surface area contributed by atoms with Gasteiger partial charge >= 0.3 is 0 Å². The van der Waals surface area contributed by atoms with Crippen LogP contribution in [0.2, 0.25) is 0 Å². The Kier molecular flexibility index (Phi) is 5.41. The van der Waals surface area contributed by atoms with Crippen molar-refractivity contribution in [1.82, 2.24) is 0 Å². The highest BCUT2D eigenvalue weighted by Crippen LogP contribution is 2.34. The quantitative estimate of drug-likeness (QED) is 0.818. The van der Waals surface area contributed by atoms with E-state index in [0.717, 1.165) is 12.0 Å². The fraction of sp³-hybridized carbons (Fsp3) is 0.350. The predicted octanol–water partition coefficient (Wildman–Crippen LogP) is 3.75. The van der Waals surface area contributed by atoms with Gasteiger partial charge in [-0.05, 0) is 48.2 Å². The number of nitrogens with zero attached hydrogens (tertiary/aromatic N) is 1. The van der Waals surface area contributed by atoms with E-state index < -0.39 is 10.0 Å². The first-order valence-corrected chi connectivity index (χ1v) is 10.4. The summed E-state index contributed by atoms with van der Waals surface area (Å²) in [6, 6.07) is 11.8. The number of carbonyl (C=O) groups is 1. The fourth-order valence-corrected chi connectivity index (χ4v) is 4.16. The molecule has 1 saturated heterocycles. The number of amides is 1. The molecule has 0 radical (unpaired) electrons. The Morgan fingerprint density at radius 1 is 1.11 bits per heavy atom. The Bertz CT molecular complexity index is 937. The second kappa shape index (κ2) is 7.60. The number of methoxy groups -OCH3 is 1. The number of sulfonamides is 1. The number of hydrogen-bond donors (Lipinski definition) is 1. The van der Waals surface area contributed by atoms with Crippen molar-refractivity contribution in [2.45, 2.75) is 37.5 Å². The van der Waals surface area contributed by atoms with E-state index in [0.29, 0.717) is 36.0 Å². The van der Waals surface area contributed by atoms with Gasteiger partial charge in [-0.15, -0.1) is 0 Å². The molecule has 1 aliphatic rings. The maximum Gasteiger partial charge on any atom is 0.261 e. The normalized spacial score (nSPS) is 14.7. The van der Waals surface area contributed by atoms with Crippen molar-refractivity contribution < 1.29 is 17.9 Å². The number of ether oxygens (including phenoxy) is 1. The third-order valence-corrected chi connectivity index (χ3v) is 6.05. The first kappa shape index (κ1) is 19.2. The molecule has 144 valence electrons. The minimum Gasteiger partial charge on any atom is -0.495 e. The molecular weight excluding hydrogens is 364 g/mol. The van der Waals surface area contributed by atoms with Crippen molar-refractivity contribution in [3.8, 4) is 5.75 Å². The van der Waals surface area contributed by atoms with Crippen LogP contribution in [0.1, 0.15) is 38.2 Å². The van der Waals surface area contributed by atoms with Gasteiger partial charge in [0, 0.05) is 13.0 Å². The molecule has 2 aromatic carbocycles. The van der Waals surface area contributed by atoms with E-state index in [1.807, 2.05) is 12.1 Å². The zero-order chi connectivity index (χ0) is 19.6. The molecule has 1 heterocycles. The van der Waals surface area contributed by atoms with Gasteiger partial charge in [0.2, 0.25) is 5.91 Å². The van der Waals surface area contributed by atoms with E-state index in [9.17, 15) is 13.2 Å². The Balaban J connectivity index is 1.89. The van der Waals surface area contributed by atoms with E-state index in [4.69, 9.17) is 4.74 Å². The molecule has 0 atom stereocenters. The summed E-state index contributed by atoms with van der Waals surface area (Å²) in [7, 11) is -2.20. The molecule has 2 aromatic rings. The van der Waals surface area contributed by atoms with E-state index in [2.05, 4.69) is 18.6 Å². The number of rotatable bonds is 6. The summed E-state index contributed by atoms with van der Waals surface area (Å²) in [5.41, 5.74) is 2.04. The van der Waals surface area contributed by atoms with Gasteiger partial charge in [0.15, 0.2) is 0 Å². The van der Waals surface area contributed by atoms with Crippen LogP contribution < -0.4 is 14.4 Å². The third kappa shape index (κ3) is 4.08. The van der Waals surface area contributed by atoms with E-state index in [-0.39, 0.29) is 10.8 Å². The molecule has 1 amide bonds. The van der Waals surface area contributed by atoms with Gasteiger partial charge in [-0.3, -0.25) is 9.52 Å². The standard InChI is InChI=1S/C20H24N2O4S/c1-14(2)15-6-9-17(10-7-15)27(24,25)21-16-8-11-19(26-3)18(13-16)22-12-4-5-20(22)23/h6-11,13-14,21H,4-5,12H2,1-3H3. The van der Waals surface area contributed by atoms with Gasteiger partial charge in [0.1, 0.15) is 5.75 Å². The number of carbonyl (C=O) groups excluding carboxylic acids is 1. The van der Waals surface area contributed by atoms with E-state index in [1.54, 1.807) is 35.2 Å². The molecule has 27 heavy (non-hydrogen) atoms. The van der Waals surface area contributed by atoms with Crippen molar-refractivity contribution in [3.63, 3.8) is 0 Å². The van der Waals surface area contributed by atoms with Crippen molar-refractivity contribution >= 4 is 27.3 Å². The lowest BCUT2D eigenvalue weighted by atomic mass is 10.0. The summed E-state index contributed by atoms with van der Waals surface area (Å²) in [4.78, 5) is 13.9. The molecule has 0 aromatic heterocycles. The minimum atomic E-state index is -3.72. The highest BCUT2D eigenvalue weighted by atomic mass is 32.2. The molecule has 0 saturated carbocycles. The lowest BCUT2D eigenvalue weighted by Gasteiger charge is -2.20. The zero-order valence-electron chi connectivity index (χ0n) is 15.7. The van der Waals surface area contributed by atoms with Crippen molar-refractivity contribution in [3.05, 3.63) is 48.0 Å². The fourth-order valence-electron chi connectivity index (χ4n) is 3.11. The van der Waals surface area contributed by atoms with Gasteiger partial charge in [-0.2, -0.15) is 0 Å². The van der Waals surface area contributed by atoms with E-state index >= 15 is 0 Å². The molecule has 1 fully saturated rings. The lowest BCUT2D eigenvalue weighted by Crippen LogP contribution is -2.24. The SMILES string of the molecule is COc1ccc(NS(=O)(=O)c2ccc(C(C)C)cc2)cc1N1CCCC1=O. The predicted molar refractivity (Wildman–Crippen MR) is 106 cm³/mol. The molecule has 7 heteroatoms. The number of hydrogen-bond acceptors (Lipinski definition) is 4. The Labute approximate surface area is 160 Å². The van der Waals surface area contributed by atoms with Crippen LogP contribution in [-0.4, -0.2) is 28.0 Å². The smallest absolute Gasteiger partial charge is 0.261 e. The maximum absolute atomic E-state index is 12.7. The molecule has 0 aliphatic carbocycles. The van der Waals surface area contributed by atoms with Gasteiger partial charge in [0.25, 0.3) is 10.0 Å².